The van der Waals surface area contributed by atoms with Crippen LogP contribution in [-0.4, -0.2) is 25.1 Å². The highest BCUT2D eigenvalue weighted by Crippen LogP contribution is 2.30. The second-order valence-corrected chi connectivity index (χ2v) is 6.85. The average molecular weight is 391 g/mol. The van der Waals surface area contributed by atoms with E-state index in [0.717, 1.165) is 11.4 Å². The van der Waals surface area contributed by atoms with E-state index in [-0.39, 0.29) is 5.91 Å². The first-order valence-corrected chi connectivity index (χ1v) is 9.36. The summed E-state index contributed by atoms with van der Waals surface area (Å²) in [7, 11) is 3.12. The Balaban J connectivity index is 1.78. The molecule has 0 saturated heterocycles. The number of anilines is 3. The Morgan fingerprint density at radius 1 is 0.931 bits per heavy atom. The van der Waals surface area contributed by atoms with Crippen molar-refractivity contribution in [2.45, 2.75) is 19.8 Å². The predicted octanol–water partition coefficient (Wildman–Crippen LogP) is 5.22. The molecule has 3 rings (SSSR count). The van der Waals surface area contributed by atoms with Crippen LogP contribution in [0.25, 0.3) is 0 Å². The van der Waals surface area contributed by atoms with Gasteiger partial charge in [0.15, 0.2) is 11.5 Å². The molecule has 0 radical (unpaired) electrons. The van der Waals surface area contributed by atoms with Gasteiger partial charge in [-0.1, -0.05) is 32.0 Å². The van der Waals surface area contributed by atoms with Crippen molar-refractivity contribution in [1.82, 2.24) is 4.98 Å². The zero-order chi connectivity index (χ0) is 20.8. The Morgan fingerprint density at radius 2 is 1.69 bits per heavy atom. The summed E-state index contributed by atoms with van der Waals surface area (Å²) in [5, 5.41) is 6.23. The normalized spacial score (nSPS) is 10.5. The zero-order valence-electron chi connectivity index (χ0n) is 17.0. The number of nitrogens with one attached hydrogen (secondary N) is 2. The van der Waals surface area contributed by atoms with Gasteiger partial charge in [0, 0.05) is 23.6 Å². The monoisotopic (exact) mass is 391 g/mol. The minimum absolute atomic E-state index is 0.259. The molecule has 0 aliphatic carbocycles. The number of para-hydroxylation sites is 1. The highest BCUT2D eigenvalue weighted by atomic mass is 16.5. The maximum absolute atomic E-state index is 12.7. The molecule has 1 amide bonds. The van der Waals surface area contributed by atoms with Crippen LogP contribution in [-0.2, 0) is 0 Å². The summed E-state index contributed by atoms with van der Waals surface area (Å²) in [6.45, 7) is 4.29. The fraction of sp³-hybridized carbons (Fsp3) is 0.217. The minimum Gasteiger partial charge on any atom is -0.493 e. The van der Waals surface area contributed by atoms with E-state index in [1.165, 1.54) is 11.8 Å². The van der Waals surface area contributed by atoms with Gasteiger partial charge in [0.1, 0.15) is 0 Å². The molecule has 2 N–H and O–H groups in total. The lowest BCUT2D eigenvalue weighted by atomic mass is 10.0. The van der Waals surface area contributed by atoms with E-state index in [1.54, 1.807) is 44.7 Å². The largest absolute Gasteiger partial charge is 0.493 e. The third-order valence-electron chi connectivity index (χ3n) is 4.50. The molecule has 0 aliphatic heterocycles. The SMILES string of the molecule is COc1ccc(NC(=O)c2cncc(Nc3ccccc3C(C)C)c2)cc1OC. The summed E-state index contributed by atoms with van der Waals surface area (Å²) in [4.78, 5) is 16.9. The number of methoxy groups -OCH3 is 2. The Kier molecular flexibility index (Phi) is 6.34. The number of carbonyl (C=O) groups is 1. The van der Waals surface area contributed by atoms with Crippen molar-refractivity contribution in [3.63, 3.8) is 0 Å². The molecule has 0 saturated carbocycles. The molecular formula is C23H25N3O3. The Morgan fingerprint density at radius 3 is 2.41 bits per heavy atom. The van der Waals surface area contributed by atoms with Gasteiger partial charge in [-0.2, -0.15) is 0 Å². The van der Waals surface area contributed by atoms with Crippen LogP contribution < -0.4 is 20.1 Å². The summed E-state index contributed by atoms with van der Waals surface area (Å²) in [6.07, 6.45) is 3.24. The molecule has 0 aliphatic rings. The van der Waals surface area contributed by atoms with Crippen LogP contribution in [0.15, 0.2) is 60.9 Å². The summed E-state index contributed by atoms with van der Waals surface area (Å²) < 4.78 is 10.5. The first-order chi connectivity index (χ1) is 14.0. The van der Waals surface area contributed by atoms with Gasteiger partial charge in [-0.3, -0.25) is 9.78 Å². The summed E-state index contributed by atoms with van der Waals surface area (Å²) in [5.41, 5.74) is 4.01. The van der Waals surface area contributed by atoms with Crippen molar-refractivity contribution in [3.8, 4) is 11.5 Å². The number of benzene rings is 2. The lowest BCUT2D eigenvalue weighted by Gasteiger charge is -2.15. The lowest BCUT2D eigenvalue weighted by Crippen LogP contribution is -2.12. The Labute approximate surface area is 170 Å². The van der Waals surface area contributed by atoms with Crippen LogP contribution in [0.5, 0.6) is 11.5 Å². The van der Waals surface area contributed by atoms with Crippen molar-refractivity contribution in [2.75, 3.05) is 24.9 Å². The summed E-state index contributed by atoms with van der Waals surface area (Å²) >= 11 is 0. The van der Waals surface area contributed by atoms with Gasteiger partial charge in [0.25, 0.3) is 5.91 Å². The number of ether oxygens (including phenoxy) is 2. The molecule has 1 aromatic heterocycles. The Hall–Kier alpha value is -3.54. The fourth-order valence-corrected chi connectivity index (χ4v) is 3.02. The average Bonchev–Trinajstić information content (AvgIpc) is 2.74. The lowest BCUT2D eigenvalue weighted by molar-refractivity contribution is 0.102. The number of hydrogen-bond acceptors (Lipinski definition) is 5. The number of hydrogen-bond donors (Lipinski definition) is 2. The van der Waals surface area contributed by atoms with Crippen LogP contribution in [0, 0.1) is 0 Å². The van der Waals surface area contributed by atoms with Crippen LogP contribution in [0.4, 0.5) is 17.1 Å². The second-order valence-electron chi connectivity index (χ2n) is 6.85. The van der Waals surface area contributed by atoms with Gasteiger partial charge >= 0.3 is 0 Å². The van der Waals surface area contributed by atoms with E-state index < -0.39 is 0 Å². The van der Waals surface area contributed by atoms with Gasteiger partial charge in [0.05, 0.1) is 31.7 Å². The molecule has 29 heavy (non-hydrogen) atoms. The van der Waals surface area contributed by atoms with Gasteiger partial charge in [-0.25, -0.2) is 0 Å². The maximum atomic E-state index is 12.7. The first kappa shape index (κ1) is 20.2. The Bertz CT molecular complexity index is 1000. The smallest absolute Gasteiger partial charge is 0.257 e. The van der Waals surface area contributed by atoms with Crippen molar-refractivity contribution >= 4 is 23.0 Å². The van der Waals surface area contributed by atoms with E-state index in [1.807, 2.05) is 18.2 Å². The highest BCUT2D eigenvalue weighted by Gasteiger charge is 2.12. The summed E-state index contributed by atoms with van der Waals surface area (Å²) in [5.74, 6) is 1.26. The second kappa shape index (κ2) is 9.10. The van der Waals surface area contributed by atoms with Crippen molar-refractivity contribution in [3.05, 3.63) is 72.1 Å². The zero-order valence-corrected chi connectivity index (χ0v) is 17.0. The number of pyridine rings is 1. The number of carbonyl (C=O) groups excluding carboxylic acids is 1. The molecule has 0 fully saturated rings. The molecule has 3 aromatic rings. The van der Waals surface area contributed by atoms with Crippen molar-refractivity contribution in [1.29, 1.82) is 0 Å². The van der Waals surface area contributed by atoms with E-state index in [2.05, 4.69) is 35.5 Å². The van der Waals surface area contributed by atoms with Crippen LogP contribution in [0.2, 0.25) is 0 Å². The predicted molar refractivity (Wildman–Crippen MR) is 116 cm³/mol. The van der Waals surface area contributed by atoms with Gasteiger partial charge in [0.2, 0.25) is 0 Å². The van der Waals surface area contributed by atoms with Crippen LogP contribution in [0.1, 0.15) is 35.7 Å². The molecular weight excluding hydrogens is 366 g/mol. The standard InChI is InChI=1S/C23H25N3O3/c1-15(2)19-7-5-6-8-20(19)25-18-11-16(13-24-14-18)23(27)26-17-9-10-21(28-3)22(12-17)29-4/h5-15,25H,1-4H3,(H,26,27). The van der Waals surface area contributed by atoms with E-state index in [9.17, 15) is 4.79 Å². The third kappa shape index (κ3) is 4.85. The number of rotatable bonds is 7. The molecule has 0 spiro atoms. The fourth-order valence-electron chi connectivity index (χ4n) is 3.02. The first-order valence-electron chi connectivity index (χ1n) is 9.36. The summed E-state index contributed by atoms with van der Waals surface area (Å²) in [6, 6.07) is 15.1. The van der Waals surface area contributed by atoms with Crippen molar-refractivity contribution < 1.29 is 14.3 Å². The molecule has 2 aromatic carbocycles. The van der Waals surface area contributed by atoms with Crippen molar-refractivity contribution in [2.24, 2.45) is 0 Å². The van der Waals surface area contributed by atoms with E-state index >= 15 is 0 Å². The topological polar surface area (TPSA) is 72.5 Å². The quantitative estimate of drug-likeness (QED) is 0.578. The molecule has 0 unspecified atom stereocenters. The molecule has 0 bridgehead atoms. The minimum atomic E-state index is -0.259. The molecule has 1 heterocycles. The third-order valence-corrected chi connectivity index (χ3v) is 4.50. The van der Waals surface area contributed by atoms with E-state index in [4.69, 9.17) is 9.47 Å². The van der Waals surface area contributed by atoms with Crippen LogP contribution in [0.3, 0.4) is 0 Å². The molecule has 0 atom stereocenters. The van der Waals surface area contributed by atoms with Crippen LogP contribution >= 0.6 is 0 Å². The molecule has 6 nitrogen and oxygen atoms in total. The van der Waals surface area contributed by atoms with Gasteiger partial charge in [-0.15, -0.1) is 0 Å². The molecule has 150 valence electrons. The highest BCUT2D eigenvalue weighted by molar-refractivity contribution is 6.04. The number of nitrogens with zero attached hydrogens (tertiary/aromatic N) is 1. The maximum Gasteiger partial charge on any atom is 0.257 e. The molecule has 6 heteroatoms. The van der Waals surface area contributed by atoms with Gasteiger partial charge < -0.3 is 20.1 Å². The van der Waals surface area contributed by atoms with Gasteiger partial charge in [-0.05, 0) is 35.7 Å². The number of amides is 1. The van der Waals surface area contributed by atoms with E-state index in [0.29, 0.717) is 28.7 Å². The number of aromatic nitrogens is 1.